The van der Waals surface area contributed by atoms with Crippen LogP contribution in [-0.2, 0) is 11.2 Å². The maximum absolute atomic E-state index is 13.8. The van der Waals surface area contributed by atoms with E-state index in [1.807, 2.05) is 24.3 Å². The summed E-state index contributed by atoms with van der Waals surface area (Å²) >= 11 is 6.13. The molecule has 0 radical (unpaired) electrons. The second kappa shape index (κ2) is 14.7. The lowest BCUT2D eigenvalue weighted by molar-refractivity contribution is -0.141. The maximum atomic E-state index is 13.8. The number of fused-ring (bicyclic) bond motifs is 1. The van der Waals surface area contributed by atoms with E-state index in [2.05, 4.69) is 36.3 Å². The predicted octanol–water partition coefficient (Wildman–Crippen LogP) is 6.47. The molecule has 254 valence electrons. The molecular formula is C37H48ClN3O6. The van der Waals surface area contributed by atoms with Gasteiger partial charge in [0, 0.05) is 35.3 Å². The molecule has 2 amide bonds. The van der Waals surface area contributed by atoms with Gasteiger partial charge in [0.05, 0.1) is 17.9 Å². The lowest BCUT2D eigenvalue weighted by Gasteiger charge is -2.47. The van der Waals surface area contributed by atoms with Gasteiger partial charge in [-0.15, -0.1) is 0 Å². The summed E-state index contributed by atoms with van der Waals surface area (Å²) in [6.45, 7) is 8.55. The van der Waals surface area contributed by atoms with Gasteiger partial charge in [-0.05, 0) is 102 Å². The molecule has 1 saturated heterocycles. The van der Waals surface area contributed by atoms with Crippen molar-refractivity contribution in [1.29, 1.82) is 0 Å². The van der Waals surface area contributed by atoms with Crippen LogP contribution in [0, 0.1) is 11.3 Å². The number of hydrogen-bond acceptors (Lipinski definition) is 7. The lowest BCUT2D eigenvalue weighted by atomic mass is 9.63. The number of methoxy groups -OCH3 is 1. The van der Waals surface area contributed by atoms with Gasteiger partial charge in [-0.25, -0.2) is 0 Å². The van der Waals surface area contributed by atoms with Gasteiger partial charge in [-0.1, -0.05) is 43.0 Å². The molecular weight excluding hydrogens is 618 g/mol. The SMILES string of the molecule is COc1cc2oc(C(=O)N[C@H](CCN3CCC(C(=O)NC(C)(C)C)(C4CCCCC4)CC3)Cc3ccc(Cl)cc3)cc(=O)c2cc1O. The number of nitrogens with zero attached hydrogens (tertiary/aromatic N) is 1. The third-order valence-corrected chi connectivity index (χ3v) is 10.1. The smallest absolute Gasteiger partial charge is 0.287 e. The lowest BCUT2D eigenvalue weighted by Crippen LogP contribution is -2.56. The maximum Gasteiger partial charge on any atom is 0.287 e. The fourth-order valence-electron chi connectivity index (χ4n) is 7.29. The summed E-state index contributed by atoms with van der Waals surface area (Å²) in [6.07, 6.45) is 8.76. The Bertz CT molecular complexity index is 1620. The Labute approximate surface area is 282 Å². The molecule has 5 rings (SSSR count). The van der Waals surface area contributed by atoms with Gasteiger partial charge in [0.15, 0.2) is 22.7 Å². The number of amides is 2. The summed E-state index contributed by atoms with van der Waals surface area (Å²) in [4.78, 5) is 42.6. The zero-order chi connectivity index (χ0) is 33.8. The third kappa shape index (κ3) is 8.49. The number of hydrogen-bond donors (Lipinski definition) is 3. The monoisotopic (exact) mass is 665 g/mol. The summed E-state index contributed by atoms with van der Waals surface area (Å²) in [6, 6.07) is 11.1. The third-order valence-electron chi connectivity index (χ3n) is 9.85. The van der Waals surface area contributed by atoms with Crippen LogP contribution in [0.15, 0.2) is 51.7 Å². The Morgan fingerprint density at radius 3 is 2.40 bits per heavy atom. The number of nitrogens with one attached hydrogen (secondary N) is 2. The first kappa shape index (κ1) is 34.8. The molecule has 3 N–H and O–H groups in total. The topological polar surface area (TPSA) is 121 Å². The summed E-state index contributed by atoms with van der Waals surface area (Å²) in [5.74, 6) is -0.0348. The average molecular weight is 666 g/mol. The van der Waals surface area contributed by atoms with E-state index in [0.29, 0.717) is 23.8 Å². The van der Waals surface area contributed by atoms with Gasteiger partial charge >= 0.3 is 0 Å². The molecule has 2 fully saturated rings. The van der Waals surface area contributed by atoms with Crippen molar-refractivity contribution in [3.63, 3.8) is 0 Å². The molecule has 1 aliphatic heterocycles. The minimum atomic E-state index is -0.496. The number of carbonyl (C=O) groups excluding carboxylic acids is 2. The molecule has 9 nitrogen and oxygen atoms in total. The van der Waals surface area contributed by atoms with Crippen molar-refractivity contribution in [1.82, 2.24) is 15.5 Å². The molecule has 1 atom stereocenters. The van der Waals surface area contributed by atoms with Crippen LogP contribution in [0.1, 0.15) is 88.3 Å². The fraction of sp³-hybridized carbons (Fsp3) is 0.541. The summed E-state index contributed by atoms with van der Waals surface area (Å²) < 4.78 is 11.0. The van der Waals surface area contributed by atoms with E-state index in [0.717, 1.165) is 56.9 Å². The van der Waals surface area contributed by atoms with Crippen LogP contribution in [0.5, 0.6) is 11.5 Å². The molecule has 0 unspecified atom stereocenters. The Morgan fingerprint density at radius 1 is 1.09 bits per heavy atom. The molecule has 1 aliphatic carbocycles. The van der Waals surface area contributed by atoms with Crippen molar-refractivity contribution in [2.75, 3.05) is 26.7 Å². The van der Waals surface area contributed by atoms with Crippen LogP contribution in [0.3, 0.4) is 0 Å². The Morgan fingerprint density at radius 2 is 1.77 bits per heavy atom. The molecule has 10 heteroatoms. The van der Waals surface area contributed by atoms with Crippen LogP contribution in [0.4, 0.5) is 0 Å². The minimum absolute atomic E-state index is 0.114. The molecule has 2 aromatic carbocycles. The second-order valence-corrected chi connectivity index (χ2v) is 14.8. The normalized spacial score (nSPS) is 18.1. The van der Waals surface area contributed by atoms with Gasteiger partial charge in [0.1, 0.15) is 5.58 Å². The number of aromatic hydroxyl groups is 1. The molecule has 3 aromatic rings. The molecule has 47 heavy (non-hydrogen) atoms. The van der Waals surface area contributed by atoms with E-state index in [4.69, 9.17) is 20.8 Å². The van der Waals surface area contributed by atoms with Crippen molar-refractivity contribution >= 4 is 34.4 Å². The zero-order valence-corrected chi connectivity index (χ0v) is 28.8. The van der Waals surface area contributed by atoms with Gasteiger partial charge in [-0.2, -0.15) is 0 Å². The number of halogens is 1. The predicted molar refractivity (Wildman–Crippen MR) is 184 cm³/mol. The number of phenolic OH excluding ortho intramolecular Hbond substituents is 1. The summed E-state index contributed by atoms with van der Waals surface area (Å²) in [5.41, 5.74) is 0.120. The van der Waals surface area contributed by atoms with Crippen LogP contribution in [0.2, 0.25) is 5.02 Å². The van der Waals surface area contributed by atoms with Crippen molar-refractivity contribution in [2.45, 2.75) is 90.1 Å². The van der Waals surface area contributed by atoms with E-state index in [-0.39, 0.29) is 51.1 Å². The van der Waals surface area contributed by atoms with E-state index >= 15 is 0 Å². The highest BCUT2D eigenvalue weighted by molar-refractivity contribution is 6.30. The van der Waals surface area contributed by atoms with E-state index in [1.165, 1.54) is 38.5 Å². The van der Waals surface area contributed by atoms with Crippen molar-refractivity contribution < 1.29 is 23.8 Å². The van der Waals surface area contributed by atoms with Gasteiger partial charge in [0.2, 0.25) is 5.91 Å². The highest BCUT2D eigenvalue weighted by Gasteiger charge is 2.48. The van der Waals surface area contributed by atoms with E-state index in [9.17, 15) is 19.5 Å². The Hall–Kier alpha value is -3.56. The second-order valence-electron chi connectivity index (χ2n) is 14.3. The van der Waals surface area contributed by atoms with Crippen LogP contribution < -0.4 is 20.8 Å². The number of piperidine rings is 1. The number of rotatable bonds is 10. The summed E-state index contributed by atoms with van der Waals surface area (Å²) in [7, 11) is 1.40. The molecule has 1 aromatic heterocycles. The van der Waals surface area contributed by atoms with Crippen LogP contribution in [0.25, 0.3) is 11.0 Å². The number of benzene rings is 2. The van der Waals surface area contributed by atoms with E-state index < -0.39 is 11.3 Å². The van der Waals surface area contributed by atoms with E-state index in [1.54, 1.807) is 0 Å². The first-order valence-corrected chi connectivity index (χ1v) is 17.2. The molecule has 1 saturated carbocycles. The number of ether oxygens (including phenoxy) is 1. The summed E-state index contributed by atoms with van der Waals surface area (Å²) in [5, 5.41) is 17.3. The number of phenols is 1. The molecule has 2 aliphatic rings. The highest BCUT2D eigenvalue weighted by Crippen LogP contribution is 2.46. The van der Waals surface area contributed by atoms with Crippen LogP contribution >= 0.6 is 11.6 Å². The van der Waals surface area contributed by atoms with Crippen molar-refractivity contribution in [3.8, 4) is 11.5 Å². The van der Waals surface area contributed by atoms with Gasteiger partial charge in [0.25, 0.3) is 5.91 Å². The molecule has 2 heterocycles. The van der Waals surface area contributed by atoms with Gasteiger partial charge in [-0.3, -0.25) is 14.4 Å². The zero-order valence-electron chi connectivity index (χ0n) is 28.0. The fourth-order valence-corrected chi connectivity index (χ4v) is 7.41. The minimum Gasteiger partial charge on any atom is -0.504 e. The van der Waals surface area contributed by atoms with Gasteiger partial charge < -0.3 is 29.8 Å². The number of carbonyl (C=O) groups is 2. The largest absolute Gasteiger partial charge is 0.504 e. The Kier molecular flexibility index (Phi) is 10.9. The molecule has 0 spiro atoms. The Balaban J connectivity index is 1.30. The standard InChI is InChI=1S/C37H48ClN3O6/c1-36(2,3)40-35(45)37(25-8-6-5-7-9-25)15-18-41(19-16-37)17-14-27(20-24-10-12-26(38)13-11-24)39-34(44)33-22-29(42)28-21-30(43)32(46-4)23-31(28)47-33/h10-13,21-23,25,27,43H,5-9,14-20H2,1-4H3,(H,39,44)(H,40,45)/t27-/m1/s1. The van der Waals surface area contributed by atoms with Crippen molar-refractivity contribution in [3.05, 3.63) is 69.0 Å². The van der Waals surface area contributed by atoms with Crippen LogP contribution in [-0.4, -0.2) is 60.1 Å². The number of likely N-dealkylation sites (tertiary alicyclic amines) is 1. The average Bonchev–Trinajstić information content (AvgIpc) is 3.04. The molecule has 0 bridgehead atoms. The first-order valence-electron chi connectivity index (χ1n) is 16.8. The first-order chi connectivity index (χ1) is 22.4. The quantitative estimate of drug-likeness (QED) is 0.227. The highest BCUT2D eigenvalue weighted by atomic mass is 35.5. The van der Waals surface area contributed by atoms with Crippen molar-refractivity contribution in [2.24, 2.45) is 11.3 Å².